The van der Waals surface area contributed by atoms with Gasteiger partial charge in [0.1, 0.15) is 5.60 Å². The van der Waals surface area contributed by atoms with Crippen LogP contribution in [0.15, 0.2) is 30.3 Å². The van der Waals surface area contributed by atoms with Crippen LogP contribution in [0.4, 0.5) is 4.79 Å². The minimum atomic E-state index is -0.428. The van der Waals surface area contributed by atoms with Gasteiger partial charge in [0.15, 0.2) is 0 Å². The molecule has 2 atom stereocenters. The molecule has 0 heterocycles. The van der Waals surface area contributed by atoms with Crippen molar-refractivity contribution in [1.29, 1.82) is 0 Å². The third kappa shape index (κ3) is 3.03. The average Bonchev–Trinajstić information content (AvgIpc) is 3.07. The topological polar surface area (TPSA) is 29.5 Å². The fraction of sp³-hybridized carbons (Fsp3) is 0.533. The van der Waals surface area contributed by atoms with Crippen LogP contribution in [-0.2, 0) is 4.74 Å². The Morgan fingerprint density at radius 2 is 1.89 bits per heavy atom. The van der Waals surface area contributed by atoms with Crippen LogP contribution in [0.1, 0.15) is 38.7 Å². The number of hydrogen-bond acceptors (Lipinski definition) is 2. The Bertz CT molecular complexity index is 422. The molecular formula is C15H21NO2. The van der Waals surface area contributed by atoms with Crippen LogP contribution in [-0.4, -0.2) is 29.7 Å². The smallest absolute Gasteiger partial charge is 0.410 e. The van der Waals surface area contributed by atoms with Gasteiger partial charge in [-0.25, -0.2) is 4.79 Å². The zero-order valence-electron chi connectivity index (χ0n) is 11.5. The molecule has 98 valence electrons. The first kappa shape index (κ1) is 12.9. The number of benzene rings is 1. The number of rotatable bonds is 2. The summed E-state index contributed by atoms with van der Waals surface area (Å²) >= 11 is 0. The maximum absolute atomic E-state index is 11.9. The summed E-state index contributed by atoms with van der Waals surface area (Å²) in [6.45, 7) is 5.67. The van der Waals surface area contributed by atoms with Gasteiger partial charge in [-0.1, -0.05) is 30.3 Å². The molecule has 0 saturated heterocycles. The van der Waals surface area contributed by atoms with Crippen molar-refractivity contribution in [2.45, 2.75) is 44.8 Å². The van der Waals surface area contributed by atoms with Gasteiger partial charge in [-0.3, -0.25) is 0 Å². The molecule has 3 heteroatoms. The first-order valence-electron chi connectivity index (χ1n) is 6.39. The molecule has 0 aromatic heterocycles. The molecule has 1 aromatic carbocycles. The fourth-order valence-corrected chi connectivity index (χ4v) is 2.14. The van der Waals surface area contributed by atoms with Crippen molar-refractivity contribution in [3.63, 3.8) is 0 Å². The van der Waals surface area contributed by atoms with E-state index in [0.717, 1.165) is 6.42 Å². The van der Waals surface area contributed by atoms with Crippen LogP contribution in [0.25, 0.3) is 0 Å². The molecule has 0 unspecified atom stereocenters. The summed E-state index contributed by atoms with van der Waals surface area (Å²) in [4.78, 5) is 13.6. The highest BCUT2D eigenvalue weighted by Crippen LogP contribution is 2.44. The first-order chi connectivity index (χ1) is 8.38. The predicted octanol–water partition coefficient (Wildman–Crippen LogP) is 3.41. The molecule has 18 heavy (non-hydrogen) atoms. The van der Waals surface area contributed by atoms with Gasteiger partial charge in [0.2, 0.25) is 0 Å². The summed E-state index contributed by atoms with van der Waals surface area (Å²) in [6, 6.07) is 10.6. The summed E-state index contributed by atoms with van der Waals surface area (Å²) in [6.07, 6.45) is 0.797. The van der Waals surface area contributed by atoms with Crippen LogP contribution in [0.3, 0.4) is 0 Å². The Morgan fingerprint density at radius 1 is 1.28 bits per heavy atom. The Balaban J connectivity index is 1.93. The monoisotopic (exact) mass is 247 g/mol. The van der Waals surface area contributed by atoms with E-state index in [1.54, 1.807) is 4.90 Å². The standard InChI is InChI=1S/C15H21NO2/c1-15(2,3)18-14(17)16(4)13-10-12(13)11-8-6-5-7-9-11/h5-9,12-13H,10H2,1-4H3/t12-,13+/m1/s1. The third-order valence-electron chi connectivity index (χ3n) is 3.16. The van der Waals surface area contributed by atoms with E-state index in [0.29, 0.717) is 5.92 Å². The average molecular weight is 247 g/mol. The number of ether oxygens (including phenoxy) is 1. The van der Waals surface area contributed by atoms with Gasteiger partial charge in [0, 0.05) is 19.0 Å². The number of hydrogen-bond donors (Lipinski definition) is 0. The van der Waals surface area contributed by atoms with Crippen molar-refractivity contribution < 1.29 is 9.53 Å². The van der Waals surface area contributed by atoms with Gasteiger partial charge >= 0.3 is 6.09 Å². The summed E-state index contributed by atoms with van der Waals surface area (Å²) < 4.78 is 5.37. The van der Waals surface area contributed by atoms with E-state index in [2.05, 4.69) is 12.1 Å². The van der Waals surface area contributed by atoms with E-state index in [1.807, 2.05) is 46.0 Å². The highest BCUT2D eigenvalue weighted by molar-refractivity contribution is 5.69. The fourth-order valence-electron chi connectivity index (χ4n) is 2.14. The van der Waals surface area contributed by atoms with Crippen LogP contribution in [0.5, 0.6) is 0 Å². The summed E-state index contributed by atoms with van der Waals surface area (Å²) in [5.41, 5.74) is 0.876. The van der Waals surface area contributed by atoms with E-state index in [4.69, 9.17) is 4.74 Å². The van der Waals surface area contributed by atoms with Gasteiger partial charge in [-0.2, -0.15) is 0 Å². The summed E-state index contributed by atoms with van der Waals surface area (Å²) in [5.74, 6) is 0.462. The lowest BCUT2D eigenvalue weighted by molar-refractivity contribution is 0.0282. The summed E-state index contributed by atoms with van der Waals surface area (Å²) in [5, 5.41) is 0. The molecule has 0 bridgehead atoms. The molecule has 1 aliphatic carbocycles. The minimum Gasteiger partial charge on any atom is -0.444 e. The molecule has 1 fully saturated rings. The maximum Gasteiger partial charge on any atom is 0.410 e. The molecule has 1 aromatic rings. The number of carbonyl (C=O) groups is 1. The molecule has 1 amide bonds. The molecule has 0 aliphatic heterocycles. The van der Waals surface area contributed by atoms with Gasteiger partial charge in [-0.15, -0.1) is 0 Å². The quantitative estimate of drug-likeness (QED) is 0.801. The molecule has 2 rings (SSSR count). The minimum absolute atomic E-state index is 0.231. The molecule has 1 saturated carbocycles. The van der Waals surface area contributed by atoms with E-state index >= 15 is 0 Å². The van der Waals surface area contributed by atoms with Crippen molar-refractivity contribution in [3.05, 3.63) is 35.9 Å². The Hall–Kier alpha value is -1.51. The normalized spacial score (nSPS) is 22.4. The number of nitrogens with zero attached hydrogens (tertiary/aromatic N) is 1. The zero-order valence-corrected chi connectivity index (χ0v) is 11.5. The number of amides is 1. The van der Waals surface area contributed by atoms with E-state index in [1.165, 1.54) is 5.56 Å². The second kappa shape index (κ2) is 4.63. The lowest BCUT2D eigenvalue weighted by Gasteiger charge is -2.24. The van der Waals surface area contributed by atoms with E-state index in [-0.39, 0.29) is 12.1 Å². The summed E-state index contributed by atoms with van der Waals surface area (Å²) in [7, 11) is 1.82. The van der Waals surface area contributed by atoms with Gasteiger partial charge in [-0.05, 0) is 32.8 Å². The second-order valence-corrected chi connectivity index (χ2v) is 5.91. The van der Waals surface area contributed by atoms with Crippen molar-refractivity contribution in [3.8, 4) is 0 Å². The van der Waals surface area contributed by atoms with Gasteiger partial charge in [0.05, 0.1) is 0 Å². The van der Waals surface area contributed by atoms with Crippen molar-refractivity contribution >= 4 is 6.09 Å². The third-order valence-corrected chi connectivity index (χ3v) is 3.16. The van der Waals surface area contributed by atoms with Gasteiger partial charge in [0.25, 0.3) is 0 Å². The largest absolute Gasteiger partial charge is 0.444 e. The van der Waals surface area contributed by atoms with Crippen molar-refractivity contribution in [2.24, 2.45) is 0 Å². The molecule has 0 spiro atoms. The predicted molar refractivity (Wildman–Crippen MR) is 71.6 cm³/mol. The van der Waals surface area contributed by atoms with Crippen LogP contribution in [0.2, 0.25) is 0 Å². The Kier molecular flexibility index (Phi) is 3.33. The lowest BCUT2D eigenvalue weighted by Crippen LogP contribution is -2.36. The van der Waals surface area contributed by atoms with Crippen LogP contribution >= 0.6 is 0 Å². The molecule has 0 radical (unpaired) electrons. The SMILES string of the molecule is CN(C(=O)OC(C)(C)C)[C@H]1C[C@@H]1c1ccccc1. The maximum atomic E-state index is 11.9. The van der Waals surface area contributed by atoms with Crippen LogP contribution in [0, 0.1) is 0 Å². The Labute approximate surface area is 109 Å². The van der Waals surface area contributed by atoms with E-state index < -0.39 is 5.60 Å². The van der Waals surface area contributed by atoms with Gasteiger partial charge < -0.3 is 9.64 Å². The molecule has 0 N–H and O–H groups in total. The van der Waals surface area contributed by atoms with E-state index in [9.17, 15) is 4.79 Å². The highest BCUT2D eigenvalue weighted by atomic mass is 16.6. The highest BCUT2D eigenvalue weighted by Gasteiger charge is 2.44. The lowest BCUT2D eigenvalue weighted by atomic mass is 10.1. The second-order valence-electron chi connectivity index (χ2n) is 5.91. The zero-order chi connectivity index (χ0) is 13.3. The first-order valence-corrected chi connectivity index (χ1v) is 6.39. The Morgan fingerprint density at radius 3 is 2.44 bits per heavy atom. The number of carbonyl (C=O) groups excluding carboxylic acids is 1. The van der Waals surface area contributed by atoms with Crippen molar-refractivity contribution in [2.75, 3.05) is 7.05 Å². The molecule has 1 aliphatic rings. The van der Waals surface area contributed by atoms with Crippen molar-refractivity contribution in [1.82, 2.24) is 4.90 Å². The molecular weight excluding hydrogens is 226 g/mol. The van der Waals surface area contributed by atoms with Crippen LogP contribution < -0.4 is 0 Å². The molecule has 3 nitrogen and oxygen atoms in total. The number of likely N-dealkylation sites (N-methyl/N-ethyl adjacent to an activating group) is 1.